The summed E-state index contributed by atoms with van der Waals surface area (Å²) in [5, 5.41) is 14.4. The fourth-order valence-electron chi connectivity index (χ4n) is 5.75. The molecular formula is C35H40N2O8. The number of hydrogen-bond acceptors (Lipinski definition) is 8. The number of aliphatic hydroxyl groups is 1. The molecule has 0 bridgehead atoms. The number of carbonyl (C=O) groups excluding carboxylic acids is 4. The van der Waals surface area contributed by atoms with Crippen molar-refractivity contribution < 1.29 is 38.5 Å². The first-order valence-corrected chi connectivity index (χ1v) is 14.8. The van der Waals surface area contributed by atoms with Gasteiger partial charge in [0.1, 0.15) is 18.4 Å². The molecule has 10 heteroatoms. The molecule has 3 aromatic carbocycles. The largest absolute Gasteiger partial charge is 0.459 e. The van der Waals surface area contributed by atoms with Crippen LogP contribution in [0.25, 0.3) is 0 Å². The summed E-state index contributed by atoms with van der Waals surface area (Å²) in [6.45, 7) is 6.61. The van der Waals surface area contributed by atoms with Crippen LogP contribution in [0.5, 0.6) is 5.75 Å². The predicted octanol–water partition coefficient (Wildman–Crippen LogP) is 3.62. The normalized spacial score (nSPS) is 18.5. The molecule has 1 aliphatic heterocycles. The van der Waals surface area contributed by atoms with E-state index in [1.54, 1.807) is 25.1 Å². The van der Waals surface area contributed by atoms with Crippen LogP contribution >= 0.6 is 0 Å². The van der Waals surface area contributed by atoms with Gasteiger partial charge in [-0.3, -0.25) is 14.4 Å². The summed E-state index contributed by atoms with van der Waals surface area (Å²) in [6, 6.07) is 20.9. The van der Waals surface area contributed by atoms with E-state index < -0.39 is 53.5 Å². The highest BCUT2D eigenvalue weighted by molar-refractivity contribution is 5.97. The number of hydrogen-bond donors (Lipinski definition) is 2. The Bertz CT molecular complexity index is 1510. The van der Waals surface area contributed by atoms with Crippen molar-refractivity contribution in [3.8, 4) is 5.75 Å². The minimum Gasteiger partial charge on any atom is -0.459 e. The highest BCUT2D eigenvalue weighted by Gasteiger charge is 2.55. The summed E-state index contributed by atoms with van der Waals surface area (Å²) in [5.41, 5.74) is 1.37. The van der Waals surface area contributed by atoms with Crippen LogP contribution in [-0.2, 0) is 36.9 Å². The number of ether oxygens (including phenoxy) is 3. The molecule has 0 saturated carbocycles. The van der Waals surface area contributed by atoms with Crippen LogP contribution in [0.15, 0.2) is 78.9 Å². The summed E-state index contributed by atoms with van der Waals surface area (Å²) in [5.74, 6) is -2.22. The molecule has 238 valence electrons. The fourth-order valence-corrected chi connectivity index (χ4v) is 5.75. The minimum absolute atomic E-state index is 0.0208. The lowest BCUT2D eigenvalue weighted by Crippen LogP contribution is -2.56. The molecule has 45 heavy (non-hydrogen) atoms. The van der Waals surface area contributed by atoms with Gasteiger partial charge in [0.05, 0.1) is 12.1 Å². The Morgan fingerprint density at radius 1 is 0.956 bits per heavy atom. The lowest BCUT2D eigenvalue weighted by atomic mass is 9.82. The first kappa shape index (κ1) is 33.4. The number of benzene rings is 3. The Balaban J connectivity index is 1.61. The van der Waals surface area contributed by atoms with Crippen LogP contribution in [0.3, 0.4) is 0 Å². The molecule has 2 amide bonds. The van der Waals surface area contributed by atoms with Crippen LogP contribution in [0.4, 0.5) is 0 Å². The first-order valence-electron chi connectivity index (χ1n) is 14.8. The molecule has 10 nitrogen and oxygen atoms in total. The molecule has 0 aliphatic carbocycles. The Hall–Kier alpha value is -4.54. The van der Waals surface area contributed by atoms with Gasteiger partial charge in [-0.15, -0.1) is 0 Å². The van der Waals surface area contributed by atoms with Gasteiger partial charge < -0.3 is 29.5 Å². The maximum atomic E-state index is 14.1. The number of rotatable bonds is 11. The van der Waals surface area contributed by atoms with Crippen molar-refractivity contribution in [1.29, 1.82) is 0 Å². The van der Waals surface area contributed by atoms with Gasteiger partial charge in [-0.05, 0) is 36.6 Å². The lowest BCUT2D eigenvalue weighted by Gasteiger charge is -2.34. The van der Waals surface area contributed by atoms with E-state index in [2.05, 4.69) is 5.32 Å². The maximum absolute atomic E-state index is 14.1. The van der Waals surface area contributed by atoms with Crippen molar-refractivity contribution >= 4 is 23.8 Å². The molecule has 1 saturated heterocycles. The highest BCUT2D eigenvalue weighted by Crippen LogP contribution is 2.39. The number of carbonyl (C=O) groups is 4. The molecule has 0 spiro atoms. The molecule has 0 aromatic heterocycles. The van der Waals surface area contributed by atoms with E-state index in [-0.39, 0.29) is 30.9 Å². The number of amides is 2. The van der Waals surface area contributed by atoms with Gasteiger partial charge in [-0.25, -0.2) is 4.79 Å². The summed E-state index contributed by atoms with van der Waals surface area (Å²) in [7, 11) is 1.51. The summed E-state index contributed by atoms with van der Waals surface area (Å²) in [4.78, 5) is 54.0. The van der Waals surface area contributed by atoms with Gasteiger partial charge in [0.15, 0.2) is 6.10 Å². The van der Waals surface area contributed by atoms with Crippen molar-refractivity contribution in [3.05, 3.63) is 101 Å². The standard InChI is InChI=1S/C35H40N2O8/c1-22-26(17-12-18-28(22)45-23(2)38)32(40)36-27(19-24-13-8-6-9-14-24)30(39)33(41)37-20-29(43-5)35(3,4)31(37)34(42)44-21-25-15-10-7-11-16-25/h6-18,27,29-31,39H,19-21H2,1-5H3,(H,36,40)/t27?,29-,30-,31+/m0/s1. The Morgan fingerprint density at radius 2 is 1.58 bits per heavy atom. The minimum atomic E-state index is -1.72. The summed E-state index contributed by atoms with van der Waals surface area (Å²) in [6.07, 6.45) is -2.12. The lowest BCUT2D eigenvalue weighted by molar-refractivity contribution is -0.161. The van der Waals surface area contributed by atoms with E-state index in [0.717, 1.165) is 11.1 Å². The predicted molar refractivity (Wildman–Crippen MR) is 166 cm³/mol. The highest BCUT2D eigenvalue weighted by atomic mass is 16.5. The monoisotopic (exact) mass is 616 g/mol. The number of aliphatic hydroxyl groups excluding tert-OH is 1. The van der Waals surface area contributed by atoms with Gasteiger partial charge in [0.2, 0.25) is 0 Å². The molecule has 3 aromatic rings. The molecule has 4 atom stereocenters. The molecule has 1 aliphatic rings. The Kier molecular flexibility index (Phi) is 10.7. The van der Waals surface area contributed by atoms with Crippen LogP contribution < -0.4 is 10.1 Å². The van der Waals surface area contributed by atoms with Crippen molar-refractivity contribution in [2.45, 2.75) is 65.0 Å². The average molecular weight is 617 g/mol. The molecule has 1 unspecified atom stereocenters. The number of methoxy groups -OCH3 is 1. The third-order valence-corrected chi connectivity index (χ3v) is 8.26. The van der Waals surface area contributed by atoms with Crippen LogP contribution in [0.1, 0.15) is 47.8 Å². The molecule has 4 rings (SSSR count). The topological polar surface area (TPSA) is 131 Å². The quantitative estimate of drug-likeness (QED) is 0.247. The first-order chi connectivity index (χ1) is 21.4. The van der Waals surface area contributed by atoms with Gasteiger partial charge in [0, 0.05) is 37.1 Å². The number of nitrogens with one attached hydrogen (secondary N) is 1. The van der Waals surface area contributed by atoms with Crippen LogP contribution in [-0.4, -0.2) is 71.7 Å². The fraction of sp³-hybridized carbons (Fsp3) is 0.371. The van der Waals surface area contributed by atoms with E-state index in [1.807, 2.05) is 74.5 Å². The van der Waals surface area contributed by atoms with Crippen LogP contribution in [0.2, 0.25) is 0 Å². The van der Waals surface area contributed by atoms with Gasteiger partial charge in [0.25, 0.3) is 11.8 Å². The van der Waals surface area contributed by atoms with Crippen molar-refractivity contribution in [3.63, 3.8) is 0 Å². The van der Waals surface area contributed by atoms with E-state index in [9.17, 15) is 24.3 Å². The molecular weight excluding hydrogens is 576 g/mol. The number of esters is 2. The van der Waals surface area contributed by atoms with E-state index in [0.29, 0.717) is 5.56 Å². The zero-order valence-corrected chi connectivity index (χ0v) is 26.2. The Morgan fingerprint density at radius 3 is 2.18 bits per heavy atom. The van der Waals surface area contributed by atoms with E-state index in [4.69, 9.17) is 14.2 Å². The summed E-state index contributed by atoms with van der Waals surface area (Å²) < 4.78 is 16.6. The van der Waals surface area contributed by atoms with Gasteiger partial charge >= 0.3 is 11.9 Å². The van der Waals surface area contributed by atoms with Gasteiger partial charge in [-0.1, -0.05) is 80.6 Å². The van der Waals surface area contributed by atoms with Crippen molar-refractivity contribution in [2.24, 2.45) is 5.41 Å². The zero-order chi connectivity index (χ0) is 32.7. The van der Waals surface area contributed by atoms with Crippen molar-refractivity contribution in [2.75, 3.05) is 13.7 Å². The molecule has 1 fully saturated rings. The third-order valence-electron chi connectivity index (χ3n) is 8.26. The van der Waals surface area contributed by atoms with E-state index in [1.165, 1.54) is 18.9 Å². The second-order valence-corrected chi connectivity index (χ2v) is 11.8. The number of nitrogens with zero attached hydrogens (tertiary/aromatic N) is 1. The molecule has 1 heterocycles. The zero-order valence-electron chi connectivity index (χ0n) is 26.2. The van der Waals surface area contributed by atoms with Gasteiger partial charge in [-0.2, -0.15) is 0 Å². The number of likely N-dealkylation sites (tertiary alicyclic amines) is 1. The second kappa shape index (κ2) is 14.5. The van der Waals surface area contributed by atoms with Crippen LogP contribution in [0, 0.1) is 12.3 Å². The average Bonchev–Trinajstić information content (AvgIpc) is 3.30. The SMILES string of the molecule is CO[C@H]1CN(C(=O)[C@@H](O)C(Cc2ccccc2)NC(=O)c2cccc(OC(C)=O)c2C)[C@H](C(=O)OCc2ccccc2)C1(C)C. The summed E-state index contributed by atoms with van der Waals surface area (Å²) >= 11 is 0. The maximum Gasteiger partial charge on any atom is 0.329 e. The van der Waals surface area contributed by atoms with Crippen molar-refractivity contribution in [1.82, 2.24) is 10.2 Å². The smallest absolute Gasteiger partial charge is 0.329 e. The molecule has 0 radical (unpaired) electrons. The second-order valence-electron chi connectivity index (χ2n) is 11.8. The third kappa shape index (κ3) is 7.76. The van der Waals surface area contributed by atoms with E-state index >= 15 is 0 Å². The molecule has 2 N–H and O–H groups in total. The Labute approximate surface area is 263 Å².